The van der Waals surface area contributed by atoms with Crippen LogP contribution in [0.15, 0.2) is 72.8 Å². The molecule has 1 heterocycles. The van der Waals surface area contributed by atoms with E-state index in [1.165, 1.54) is 14.2 Å². The van der Waals surface area contributed by atoms with Crippen LogP contribution in [-0.4, -0.2) is 31.0 Å². The molecule has 8 heteroatoms. The third-order valence-electron chi connectivity index (χ3n) is 6.85. The second-order valence-electron chi connectivity index (χ2n) is 8.92. The Bertz CT molecular complexity index is 1470. The maximum absolute atomic E-state index is 13.2. The molecule has 0 aliphatic heterocycles. The molecule has 37 heavy (non-hydrogen) atoms. The molecular weight excluding hydrogens is 487 g/mol. The number of carbonyl (C=O) groups excluding carboxylic acids is 2. The molecule has 0 fully saturated rings. The van der Waals surface area contributed by atoms with Gasteiger partial charge in [0.15, 0.2) is 0 Å². The van der Waals surface area contributed by atoms with Crippen molar-refractivity contribution in [1.29, 1.82) is 0 Å². The van der Waals surface area contributed by atoms with Crippen molar-refractivity contribution in [2.45, 2.75) is 32.0 Å². The number of aldehydes is 1. The van der Waals surface area contributed by atoms with E-state index in [0.717, 1.165) is 38.9 Å². The van der Waals surface area contributed by atoms with Gasteiger partial charge in [-0.3, -0.25) is 9.36 Å². The predicted molar refractivity (Wildman–Crippen MR) is 146 cm³/mol. The molecular formula is C29H31N2O5P. The van der Waals surface area contributed by atoms with Gasteiger partial charge in [0.05, 0.1) is 12.1 Å². The van der Waals surface area contributed by atoms with Crippen molar-refractivity contribution < 1.29 is 23.2 Å². The Labute approximate surface area is 216 Å². The number of fused-ring (bicyclic) bond motifs is 1. The zero-order chi connectivity index (χ0) is 26.6. The number of nitrogens with zero attached hydrogens (tertiary/aromatic N) is 1. The van der Waals surface area contributed by atoms with E-state index in [1.54, 1.807) is 0 Å². The number of aromatic nitrogens is 1. The van der Waals surface area contributed by atoms with E-state index in [9.17, 15) is 14.2 Å². The normalized spacial score (nSPS) is 12.5. The summed E-state index contributed by atoms with van der Waals surface area (Å²) in [6.07, 6.45) is 0.740. The minimum atomic E-state index is -3.58. The van der Waals surface area contributed by atoms with Gasteiger partial charge in [-0.25, -0.2) is 0 Å². The fourth-order valence-corrected chi connectivity index (χ4v) is 6.50. The quantitative estimate of drug-likeness (QED) is 0.200. The van der Waals surface area contributed by atoms with Gasteiger partial charge in [0.1, 0.15) is 6.29 Å². The summed E-state index contributed by atoms with van der Waals surface area (Å²) in [6.45, 7) is 2.55. The summed E-state index contributed by atoms with van der Waals surface area (Å²) >= 11 is 0. The van der Waals surface area contributed by atoms with Gasteiger partial charge in [-0.05, 0) is 46.9 Å². The van der Waals surface area contributed by atoms with E-state index in [2.05, 4.69) is 28.8 Å². The summed E-state index contributed by atoms with van der Waals surface area (Å²) in [4.78, 5) is 23.5. The molecule has 192 valence electrons. The first-order chi connectivity index (χ1) is 17.8. The van der Waals surface area contributed by atoms with Gasteiger partial charge in [-0.15, -0.1) is 0 Å². The van der Waals surface area contributed by atoms with E-state index >= 15 is 0 Å². The average Bonchev–Trinajstić information content (AvgIpc) is 3.17. The number of hydrogen-bond donors (Lipinski definition) is 1. The zero-order valence-corrected chi connectivity index (χ0v) is 22.1. The van der Waals surface area contributed by atoms with Gasteiger partial charge >= 0.3 is 7.60 Å². The number of amides is 1. The molecule has 4 rings (SSSR count). The molecule has 1 aromatic heterocycles. The highest BCUT2D eigenvalue weighted by molar-refractivity contribution is 7.54. The fraction of sp³-hybridized carbons (Fsp3) is 0.241. The van der Waals surface area contributed by atoms with Gasteiger partial charge in [0, 0.05) is 43.8 Å². The molecule has 1 amide bonds. The van der Waals surface area contributed by atoms with Crippen molar-refractivity contribution in [3.63, 3.8) is 0 Å². The van der Waals surface area contributed by atoms with Crippen LogP contribution < -0.4 is 5.73 Å². The molecule has 0 radical (unpaired) electrons. The summed E-state index contributed by atoms with van der Waals surface area (Å²) in [5.74, 6) is -0.443. The summed E-state index contributed by atoms with van der Waals surface area (Å²) in [5, 5.41) is 0.820. The Morgan fingerprint density at radius 1 is 1.03 bits per heavy atom. The van der Waals surface area contributed by atoms with Crippen molar-refractivity contribution in [3.8, 4) is 11.1 Å². The van der Waals surface area contributed by atoms with Crippen LogP contribution in [0.3, 0.4) is 0 Å². The van der Waals surface area contributed by atoms with E-state index in [1.807, 2.05) is 55.5 Å². The molecule has 1 atom stereocenters. The molecule has 0 saturated carbocycles. The Hall–Kier alpha value is -3.51. The van der Waals surface area contributed by atoms with Gasteiger partial charge in [-0.1, -0.05) is 60.7 Å². The van der Waals surface area contributed by atoms with Crippen LogP contribution >= 0.6 is 7.60 Å². The number of primary amides is 1. The number of hydrogen-bond acceptors (Lipinski definition) is 5. The van der Waals surface area contributed by atoms with E-state index in [4.69, 9.17) is 14.8 Å². The highest BCUT2D eigenvalue weighted by atomic mass is 31.2. The number of rotatable bonds is 11. The maximum Gasteiger partial charge on any atom is 0.337 e. The Morgan fingerprint density at radius 3 is 2.35 bits per heavy atom. The van der Waals surface area contributed by atoms with Crippen LogP contribution in [0.4, 0.5) is 0 Å². The lowest BCUT2D eigenvalue weighted by molar-refractivity contribution is -0.117. The van der Waals surface area contributed by atoms with Crippen LogP contribution in [0, 0.1) is 6.92 Å². The molecule has 7 nitrogen and oxygen atoms in total. The molecule has 2 N–H and O–H groups in total. The van der Waals surface area contributed by atoms with Crippen LogP contribution in [0.2, 0.25) is 0 Å². The smallest absolute Gasteiger partial charge is 0.337 e. The second kappa shape index (κ2) is 11.3. The van der Waals surface area contributed by atoms with E-state index in [0.29, 0.717) is 18.4 Å². The minimum Gasteiger partial charge on any atom is -0.369 e. The largest absolute Gasteiger partial charge is 0.369 e. The molecule has 1 unspecified atom stereocenters. The van der Waals surface area contributed by atoms with Crippen LogP contribution in [0.5, 0.6) is 0 Å². The molecule has 0 saturated heterocycles. The highest BCUT2D eigenvalue weighted by Crippen LogP contribution is 2.61. The summed E-state index contributed by atoms with van der Waals surface area (Å²) in [5.41, 5.74) is 11.5. The first-order valence-electron chi connectivity index (χ1n) is 12.0. The number of benzene rings is 3. The monoisotopic (exact) mass is 518 g/mol. The molecule has 3 aromatic carbocycles. The number of nitrogens with two attached hydrogens (primary N) is 1. The Morgan fingerprint density at radius 2 is 1.70 bits per heavy atom. The molecule has 0 spiro atoms. The summed E-state index contributed by atoms with van der Waals surface area (Å²) in [6, 6.07) is 24.1. The molecule has 0 aliphatic rings. The van der Waals surface area contributed by atoms with E-state index < -0.39 is 19.2 Å². The maximum atomic E-state index is 13.2. The van der Waals surface area contributed by atoms with Gasteiger partial charge in [0.2, 0.25) is 5.91 Å². The average molecular weight is 519 g/mol. The van der Waals surface area contributed by atoms with Crippen molar-refractivity contribution in [2.24, 2.45) is 5.73 Å². The zero-order valence-electron chi connectivity index (χ0n) is 21.2. The third kappa shape index (κ3) is 5.30. The highest BCUT2D eigenvalue weighted by Gasteiger charge is 2.35. The standard InChI is InChI=1S/C29H31N2O5P/c1-20-25(18-29(30)33)26-17-22(28(15-16-32)37(34,35-2)36-3)13-14-27(26)31(20)19-23-11-7-8-12-24(23)21-9-5-4-6-10-21/h4-14,16-17,28H,15,18-19H2,1-3H3,(H2,30,33). The Balaban J connectivity index is 1.88. The predicted octanol–water partition coefficient (Wildman–Crippen LogP) is 5.81. The molecule has 0 aliphatic carbocycles. The van der Waals surface area contributed by atoms with Gasteiger partial charge in [0.25, 0.3) is 0 Å². The van der Waals surface area contributed by atoms with Gasteiger partial charge in [-0.2, -0.15) is 0 Å². The first kappa shape index (κ1) is 26.6. The fourth-order valence-electron chi connectivity index (χ4n) is 4.97. The lowest BCUT2D eigenvalue weighted by atomic mass is 9.99. The minimum absolute atomic E-state index is 0.0280. The summed E-state index contributed by atoms with van der Waals surface area (Å²) in [7, 11) is -0.962. The van der Waals surface area contributed by atoms with Crippen LogP contribution in [0.1, 0.15) is 34.5 Å². The molecule has 4 aromatic rings. The van der Waals surface area contributed by atoms with Crippen LogP contribution in [-0.2, 0) is 36.2 Å². The van der Waals surface area contributed by atoms with Gasteiger partial charge < -0.3 is 24.1 Å². The first-order valence-corrected chi connectivity index (χ1v) is 13.6. The Kier molecular flexibility index (Phi) is 8.08. The third-order valence-corrected chi connectivity index (χ3v) is 9.15. The van der Waals surface area contributed by atoms with E-state index in [-0.39, 0.29) is 12.8 Å². The topological polar surface area (TPSA) is 101 Å². The second-order valence-corrected chi connectivity index (χ2v) is 11.3. The van der Waals surface area contributed by atoms with Crippen molar-refractivity contribution in [1.82, 2.24) is 4.57 Å². The lowest BCUT2D eigenvalue weighted by Crippen LogP contribution is -2.14. The van der Waals surface area contributed by atoms with Crippen molar-refractivity contribution in [2.75, 3.05) is 14.2 Å². The summed E-state index contributed by atoms with van der Waals surface area (Å²) < 4.78 is 25.9. The number of carbonyl (C=O) groups is 2. The van der Waals surface area contributed by atoms with Crippen molar-refractivity contribution in [3.05, 3.63) is 95.2 Å². The van der Waals surface area contributed by atoms with Crippen LogP contribution in [0.25, 0.3) is 22.0 Å². The lowest BCUT2D eigenvalue weighted by Gasteiger charge is -2.23. The molecule has 0 bridgehead atoms. The SMILES string of the molecule is COP(=O)(OC)C(CC=O)c1ccc2c(c1)c(CC(N)=O)c(C)n2Cc1ccccc1-c1ccccc1. The van der Waals surface area contributed by atoms with Crippen molar-refractivity contribution >= 4 is 30.7 Å².